The van der Waals surface area contributed by atoms with Gasteiger partial charge in [-0.05, 0) is 18.1 Å². The van der Waals surface area contributed by atoms with Crippen molar-refractivity contribution >= 4 is 0 Å². The molecule has 1 aliphatic rings. The molecule has 3 nitrogen and oxygen atoms in total. The van der Waals surface area contributed by atoms with Crippen LogP contribution in [0.1, 0.15) is 5.56 Å². The maximum absolute atomic E-state index is 9.38. The fourth-order valence-electron chi connectivity index (χ4n) is 1.43. The third-order valence-corrected chi connectivity index (χ3v) is 2.00. The molecule has 64 valence electrons. The quantitative estimate of drug-likeness (QED) is 0.593. The SMILES string of the molecule is NC1COc2c(O)cccc2C1. The number of hydrogen-bond acceptors (Lipinski definition) is 3. The van der Waals surface area contributed by atoms with E-state index in [0.717, 1.165) is 12.0 Å². The molecular formula is C9H11NO2. The summed E-state index contributed by atoms with van der Waals surface area (Å²) in [6.45, 7) is 0.491. The van der Waals surface area contributed by atoms with Gasteiger partial charge in [-0.2, -0.15) is 0 Å². The highest BCUT2D eigenvalue weighted by Gasteiger charge is 2.18. The molecule has 3 heteroatoms. The molecule has 12 heavy (non-hydrogen) atoms. The number of nitrogens with two attached hydrogens (primary N) is 1. The summed E-state index contributed by atoms with van der Waals surface area (Å²) in [6, 6.07) is 5.40. The van der Waals surface area contributed by atoms with Crippen molar-refractivity contribution < 1.29 is 9.84 Å². The van der Waals surface area contributed by atoms with Gasteiger partial charge in [-0.15, -0.1) is 0 Å². The van der Waals surface area contributed by atoms with E-state index in [9.17, 15) is 5.11 Å². The molecule has 1 aromatic carbocycles. The van der Waals surface area contributed by atoms with Gasteiger partial charge in [0.2, 0.25) is 0 Å². The zero-order chi connectivity index (χ0) is 8.55. The fourth-order valence-corrected chi connectivity index (χ4v) is 1.43. The van der Waals surface area contributed by atoms with E-state index in [0.29, 0.717) is 12.4 Å². The molecule has 1 atom stereocenters. The Labute approximate surface area is 70.8 Å². The molecule has 0 radical (unpaired) electrons. The van der Waals surface area contributed by atoms with Gasteiger partial charge in [-0.3, -0.25) is 0 Å². The molecule has 1 aliphatic heterocycles. The van der Waals surface area contributed by atoms with Crippen molar-refractivity contribution in [2.24, 2.45) is 5.73 Å². The first-order chi connectivity index (χ1) is 5.77. The van der Waals surface area contributed by atoms with Crippen molar-refractivity contribution in [1.29, 1.82) is 0 Å². The Balaban J connectivity index is 2.42. The van der Waals surface area contributed by atoms with Crippen molar-refractivity contribution in [2.45, 2.75) is 12.5 Å². The minimum Gasteiger partial charge on any atom is -0.504 e. The van der Waals surface area contributed by atoms with Crippen LogP contribution in [0.4, 0.5) is 0 Å². The summed E-state index contributed by atoms with van der Waals surface area (Å²) >= 11 is 0. The Bertz CT molecular complexity index is 299. The molecule has 1 unspecified atom stereocenters. The highest BCUT2D eigenvalue weighted by molar-refractivity contribution is 5.46. The maximum Gasteiger partial charge on any atom is 0.164 e. The largest absolute Gasteiger partial charge is 0.504 e. The van der Waals surface area contributed by atoms with E-state index in [-0.39, 0.29) is 11.8 Å². The minimum atomic E-state index is 0.0549. The van der Waals surface area contributed by atoms with Gasteiger partial charge in [0.1, 0.15) is 6.61 Å². The predicted octanol–water partition coefficient (Wildman–Crippen LogP) is 0.654. The van der Waals surface area contributed by atoms with Gasteiger partial charge < -0.3 is 15.6 Å². The zero-order valence-corrected chi connectivity index (χ0v) is 6.66. The summed E-state index contributed by atoms with van der Waals surface area (Å²) in [6.07, 6.45) is 0.781. The number of rotatable bonds is 0. The van der Waals surface area contributed by atoms with Gasteiger partial charge in [0.05, 0.1) is 0 Å². The first-order valence-corrected chi connectivity index (χ1v) is 3.96. The predicted molar refractivity (Wildman–Crippen MR) is 45.3 cm³/mol. The average Bonchev–Trinajstić information content (AvgIpc) is 2.04. The summed E-state index contributed by atoms with van der Waals surface area (Å²) < 4.78 is 5.29. The summed E-state index contributed by atoms with van der Waals surface area (Å²) in [5.41, 5.74) is 6.69. The fraction of sp³-hybridized carbons (Fsp3) is 0.333. The van der Waals surface area contributed by atoms with Crippen LogP contribution in [0.3, 0.4) is 0 Å². The number of aromatic hydroxyl groups is 1. The third-order valence-electron chi connectivity index (χ3n) is 2.00. The highest BCUT2D eigenvalue weighted by atomic mass is 16.5. The summed E-state index contributed by atoms with van der Waals surface area (Å²) in [4.78, 5) is 0. The van der Waals surface area contributed by atoms with Crippen LogP contribution in [-0.4, -0.2) is 17.8 Å². The number of phenols is 1. The lowest BCUT2D eigenvalue weighted by molar-refractivity contribution is 0.251. The molecular weight excluding hydrogens is 154 g/mol. The van der Waals surface area contributed by atoms with Crippen molar-refractivity contribution in [3.8, 4) is 11.5 Å². The highest BCUT2D eigenvalue weighted by Crippen LogP contribution is 2.32. The molecule has 0 amide bonds. The molecule has 1 heterocycles. The van der Waals surface area contributed by atoms with Gasteiger partial charge >= 0.3 is 0 Å². The molecule has 0 bridgehead atoms. The van der Waals surface area contributed by atoms with Crippen LogP contribution < -0.4 is 10.5 Å². The Morgan fingerprint density at radius 1 is 1.50 bits per heavy atom. The van der Waals surface area contributed by atoms with Crippen molar-refractivity contribution in [3.63, 3.8) is 0 Å². The molecule has 0 spiro atoms. The molecule has 0 fully saturated rings. The third kappa shape index (κ3) is 1.12. The van der Waals surface area contributed by atoms with Crippen molar-refractivity contribution in [3.05, 3.63) is 23.8 Å². The van der Waals surface area contributed by atoms with Crippen LogP contribution in [0.25, 0.3) is 0 Å². The average molecular weight is 165 g/mol. The second-order valence-corrected chi connectivity index (χ2v) is 3.04. The molecule has 0 aliphatic carbocycles. The maximum atomic E-state index is 9.38. The number of fused-ring (bicyclic) bond motifs is 1. The van der Waals surface area contributed by atoms with Crippen LogP contribution in [0.15, 0.2) is 18.2 Å². The van der Waals surface area contributed by atoms with Crippen LogP contribution >= 0.6 is 0 Å². The summed E-state index contributed by atoms with van der Waals surface area (Å²) in [5, 5.41) is 9.38. The lowest BCUT2D eigenvalue weighted by Gasteiger charge is -2.22. The topological polar surface area (TPSA) is 55.5 Å². The van der Waals surface area contributed by atoms with E-state index in [1.807, 2.05) is 6.07 Å². The second kappa shape index (κ2) is 2.68. The van der Waals surface area contributed by atoms with Gasteiger partial charge in [0, 0.05) is 6.04 Å². The van der Waals surface area contributed by atoms with Gasteiger partial charge in [0.25, 0.3) is 0 Å². The Morgan fingerprint density at radius 2 is 2.33 bits per heavy atom. The van der Waals surface area contributed by atoms with E-state index in [4.69, 9.17) is 10.5 Å². The Kier molecular flexibility index (Phi) is 1.66. The second-order valence-electron chi connectivity index (χ2n) is 3.04. The van der Waals surface area contributed by atoms with Gasteiger partial charge in [-0.1, -0.05) is 12.1 Å². The van der Waals surface area contributed by atoms with E-state index in [1.165, 1.54) is 0 Å². The summed E-state index contributed by atoms with van der Waals surface area (Å²) in [5.74, 6) is 0.804. The van der Waals surface area contributed by atoms with E-state index in [1.54, 1.807) is 12.1 Å². The Morgan fingerprint density at radius 3 is 3.17 bits per heavy atom. The van der Waals surface area contributed by atoms with Crippen LogP contribution in [0.5, 0.6) is 11.5 Å². The van der Waals surface area contributed by atoms with E-state index < -0.39 is 0 Å². The first kappa shape index (κ1) is 7.43. The zero-order valence-electron chi connectivity index (χ0n) is 6.66. The standard InChI is InChI=1S/C9H11NO2/c10-7-4-6-2-1-3-8(11)9(6)12-5-7/h1-3,7,11H,4-5,10H2. The number of benzene rings is 1. The molecule has 0 saturated heterocycles. The van der Waals surface area contributed by atoms with Gasteiger partial charge in [-0.25, -0.2) is 0 Å². The molecule has 0 aromatic heterocycles. The summed E-state index contributed by atoms with van der Waals surface area (Å²) in [7, 11) is 0. The van der Waals surface area contributed by atoms with Crippen molar-refractivity contribution in [2.75, 3.05) is 6.61 Å². The van der Waals surface area contributed by atoms with E-state index >= 15 is 0 Å². The molecule has 3 N–H and O–H groups in total. The monoisotopic (exact) mass is 165 g/mol. The molecule has 0 saturated carbocycles. The number of ether oxygens (including phenoxy) is 1. The first-order valence-electron chi connectivity index (χ1n) is 3.96. The normalized spacial score (nSPS) is 21.2. The van der Waals surface area contributed by atoms with E-state index in [2.05, 4.69) is 0 Å². The van der Waals surface area contributed by atoms with Crippen LogP contribution in [0, 0.1) is 0 Å². The number of para-hydroxylation sites is 1. The lowest BCUT2D eigenvalue weighted by Crippen LogP contribution is -2.33. The molecule has 2 rings (SSSR count). The minimum absolute atomic E-state index is 0.0549. The molecule has 1 aromatic rings. The van der Waals surface area contributed by atoms with Crippen LogP contribution in [0.2, 0.25) is 0 Å². The van der Waals surface area contributed by atoms with Gasteiger partial charge in [0.15, 0.2) is 11.5 Å². The van der Waals surface area contributed by atoms with Crippen molar-refractivity contribution in [1.82, 2.24) is 0 Å². The smallest absolute Gasteiger partial charge is 0.164 e. The van der Waals surface area contributed by atoms with Crippen LogP contribution in [-0.2, 0) is 6.42 Å². The number of phenolic OH excluding ortho intramolecular Hbond substituents is 1. The Hall–Kier alpha value is -1.22. The lowest BCUT2D eigenvalue weighted by atomic mass is 10.0. The number of hydrogen-bond donors (Lipinski definition) is 2.